The third kappa shape index (κ3) is 4.95. The third-order valence-electron chi connectivity index (χ3n) is 6.96. The van der Waals surface area contributed by atoms with Gasteiger partial charge in [0.2, 0.25) is 0 Å². The lowest BCUT2D eigenvalue weighted by Gasteiger charge is -2.29. The number of hydrogen-bond donors (Lipinski definition) is 1. The Morgan fingerprint density at radius 2 is 1.53 bits per heavy atom. The molecule has 0 spiro atoms. The molecule has 6 rings (SSSR count). The van der Waals surface area contributed by atoms with Crippen LogP contribution in [0.3, 0.4) is 0 Å². The monoisotopic (exact) mass is 536 g/mol. The van der Waals surface area contributed by atoms with Crippen molar-refractivity contribution in [1.29, 1.82) is 0 Å². The van der Waals surface area contributed by atoms with Gasteiger partial charge in [-0.2, -0.15) is 0 Å². The van der Waals surface area contributed by atoms with Crippen molar-refractivity contribution in [3.05, 3.63) is 95.7 Å². The van der Waals surface area contributed by atoms with Crippen LogP contribution in [0.1, 0.15) is 27.7 Å². The van der Waals surface area contributed by atoms with Gasteiger partial charge in [-0.05, 0) is 57.6 Å². The maximum atomic E-state index is 11.5. The molecule has 0 bridgehead atoms. The Bertz CT molecular complexity index is 1210. The van der Waals surface area contributed by atoms with Crippen LogP contribution in [0.4, 0.5) is 0 Å². The summed E-state index contributed by atoms with van der Waals surface area (Å²) < 4.78 is 36.6. The summed E-state index contributed by atoms with van der Waals surface area (Å²) in [6.45, 7) is 7.75. The van der Waals surface area contributed by atoms with Crippen LogP contribution in [0.5, 0.6) is 0 Å². The van der Waals surface area contributed by atoms with Crippen molar-refractivity contribution in [3.8, 4) is 0 Å². The van der Waals surface area contributed by atoms with Gasteiger partial charge in [-0.1, -0.05) is 72.8 Å². The largest absolute Gasteiger partial charge is 0.481 e. The van der Waals surface area contributed by atoms with Gasteiger partial charge in [0.05, 0.1) is 12.2 Å². The number of aliphatic hydroxyl groups is 1. The Morgan fingerprint density at radius 1 is 0.868 bits per heavy atom. The Hall–Kier alpha value is -2.51. The Kier molecular flexibility index (Phi) is 6.71. The molecule has 1 N–H and O–H groups in total. The van der Waals surface area contributed by atoms with E-state index < -0.39 is 50.2 Å². The van der Waals surface area contributed by atoms with Crippen LogP contribution in [0.25, 0.3) is 0 Å². The van der Waals surface area contributed by atoms with Crippen molar-refractivity contribution >= 4 is 18.5 Å². The fourth-order valence-electron chi connectivity index (χ4n) is 5.38. The first-order chi connectivity index (χ1) is 18.2. The molecule has 3 saturated heterocycles. The summed E-state index contributed by atoms with van der Waals surface area (Å²) in [6.07, 6.45) is 3.13. The van der Waals surface area contributed by atoms with Crippen LogP contribution in [0, 0.1) is 0 Å². The highest BCUT2D eigenvalue weighted by atomic mass is 31.1. The normalized spacial score (nSPS) is 32.4. The zero-order chi connectivity index (χ0) is 26.5. The quantitative estimate of drug-likeness (QED) is 0.422. The van der Waals surface area contributed by atoms with Crippen LogP contribution in [0.15, 0.2) is 95.7 Å². The van der Waals surface area contributed by atoms with Gasteiger partial charge in [0.1, 0.15) is 12.2 Å². The van der Waals surface area contributed by atoms with Gasteiger partial charge in [0.15, 0.2) is 30.1 Å². The number of benzene rings is 2. The molecule has 3 aliphatic heterocycles. The van der Waals surface area contributed by atoms with E-state index in [0.29, 0.717) is 12.2 Å². The summed E-state index contributed by atoms with van der Waals surface area (Å²) in [5.74, 6) is -1.73. The first-order valence-corrected chi connectivity index (χ1v) is 14.3. The average Bonchev–Trinajstić information content (AvgIpc) is 3.64. The minimum atomic E-state index is -0.932. The van der Waals surface area contributed by atoms with Crippen molar-refractivity contribution < 1.29 is 33.5 Å². The second-order valence-electron chi connectivity index (χ2n) is 10.7. The predicted molar refractivity (Wildman–Crippen MR) is 144 cm³/mol. The van der Waals surface area contributed by atoms with Crippen molar-refractivity contribution in [2.24, 2.45) is 0 Å². The van der Waals surface area contributed by atoms with Crippen LogP contribution < -0.4 is 10.6 Å². The molecule has 3 fully saturated rings. The zero-order valence-electron chi connectivity index (χ0n) is 21.9. The minimum Gasteiger partial charge on any atom is -0.481 e. The maximum absolute atomic E-state index is 11.5. The molecule has 1 aliphatic carbocycles. The molecule has 1 unspecified atom stereocenters. The molecule has 200 valence electrons. The van der Waals surface area contributed by atoms with E-state index in [1.165, 1.54) is 10.6 Å². The van der Waals surface area contributed by atoms with Crippen LogP contribution >= 0.6 is 7.92 Å². The second kappa shape index (κ2) is 9.91. The number of rotatable bonds is 6. The average molecular weight is 537 g/mol. The standard InChI is InChI=1S/C30H33O7P/c1-29(2)32-18-22(35-29)24-25(26-28(34-24)37-30(3,4)36-26)33-27(31)21-16-11-17-23(21)38(19-12-7-5-8-13-19)20-14-9-6-10-15-20/h5-17,22,24-26,28,31H,18H2,1-4H3/b27-21-/t22?,24-,25+,26-,28-/m1/s1. The molecule has 7 nitrogen and oxygen atoms in total. The lowest BCUT2D eigenvalue weighted by atomic mass is 10.1. The van der Waals surface area contributed by atoms with Crippen LogP contribution in [0.2, 0.25) is 0 Å². The van der Waals surface area contributed by atoms with Crippen molar-refractivity contribution in [3.63, 3.8) is 0 Å². The summed E-state index contributed by atoms with van der Waals surface area (Å²) in [6, 6.07) is 20.7. The zero-order valence-corrected chi connectivity index (χ0v) is 22.8. The number of ether oxygens (including phenoxy) is 6. The summed E-state index contributed by atoms with van der Waals surface area (Å²) in [4.78, 5) is 0. The first-order valence-electron chi connectivity index (χ1n) is 12.9. The van der Waals surface area contributed by atoms with Gasteiger partial charge in [-0.25, -0.2) is 0 Å². The Balaban J connectivity index is 1.33. The summed E-state index contributed by atoms with van der Waals surface area (Å²) >= 11 is 0. The molecule has 2 aromatic carbocycles. The topological polar surface area (TPSA) is 75.6 Å². The highest BCUT2D eigenvalue weighted by Crippen LogP contribution is 2.50. The van der Waals surface area contributed by atoms with Crippen LogP contribution in [-0.4, -0.2) is 54.0 Å². The highest BCUT2D eigenvalue weighted by Gasteiger charge is 2.60. The van der Waals surface area contributed by atoms with Crippen molar-refractivity contribution in [2.75, 3.05) is 6.61 Å². The molecule has 5 atom stereocenters. The number of fused-ring (bicyclic) bond motifs is 1. The van der Waals surface area contributed by atoms with E-state index >= 15 is 0 Å². The van der Waals surface area contributed by atoms with Gasteiger partial charge in [0, 0.05) is 0 Å². The van der Waals surface area contributed by atoms with E-state index in [1.807, 2.05) is 76.2 Å². The summed E-state index contributed by atoms with van der Waals surface area (Å²) in [7, 11) is -0.932. The summed E-state index contributed by atoms with van der Waals surface area (Å²) in [5.41, 5.74) is 0.646. The smallest absolute Gasteiger partial charge is 0.285 e. The van der Waals surface area contributed by atoms with E-state index in [1.54, 1.807) is 0 Å². The molecule has 4 aliphatic rings. The highest BCUT2D eigenvalue weighted by molar-refractivity contribution is 7.77. The predicted octanol–water partition coefficient (Wildman–Crippen LogP) is 4.76. The van der Waals surface area contributed by atoms with E-state index in [4.69, 9.17) is 28.4 Å². The molecule has 0 aromatic heterocycles. The van der Waals surface area contributed by atoms with Gasteiger partial charge < -0.3 is 33.5 Å². The molecule has 3 heterocycles. The minimum absolute atomic E-state index is 0.171. The maximum Gasteiger partial charge on any atom is 0.285 e. The van der Waals surface area contributed by atoms with E-state index in [2.05, 4.69) is 30.3 Å². The Morgan fingerprint density at radius 3 is 2.13 bits per heavy atom. The molecule has 0 amide bonds. The molecule has 8 heteroatoms. The molecule has 38 heavy (non-hydrogen) atoms. The van der Waals surface area contributed by atoms with Gasteiger partial charge in [-0.15, -0.1) is 0 Å². The Labute approximate surface area is 224 Å². The first kappa shape index (κ1) is 25.8. The SMILES string of the molecule is CC1(C)OCC([C@H]2O[C@@H]3OC(C)(C)O[C@@H]3[C@H]2O/C(O)=C2/C=CC=C2P(c2ccccc2)c2ccccc2)O1. The second-order valence-corrected chi connectivity index (χ2v) is 12.8. The number of aliphatic hydroxyl groups excluding tert-OH is 1. The summed E-state index contributed by atoms with van der Waals surface area (Å²) in [5, 5.41) is 14.9. The number of hydrogen-bond acceptors (Lipinski definition) is 7. The molecule has 0 radical (unpaired) electrons. The fourth-order valence-corrected chi connectivity index (χ4v) is 7.82. The number of allylic oxidation sites excluding steroid dienone is 5. The van der Waals surface area contributed by atoms with E-state index in [-0.39, 0.29) is 5.95 Å². The van der Waals surface area contributed by atoms with Crippen molar-refractivity contribution in [1.82, 2.24) is 0 Å². The van der Waals surface area contributed by atoms with Gasteiger partial charge in [-0.3, -0.25) is 0 Å². The van der Waals surface area contributed by atoms with Gasteiger partial charge >= 0.3 is 0 Å². The van der Waals surface area contributed by atoms with Gasteiger partial charge in [0.25, 0.3) is 5.95 Å². The molecular formula is C30H33O7P. The molecule has 2 aromatic rings. The van der Waals surface area contributed by atoms with Crippen molar-refractivity contribution in [2.45, 2.75) is 70.0 Å². The molecular weight excluding hydrogens is 503 g/mol. The fraction of sp³-hybridized carbons (Fsp3) is 0.400. The van der Waals surface area contributed by atoms with E-state index in [0.717, 1.165) is 5.31 Å². The third-order valence-corrected chi connectivity index (χ3v) is 9.47. The lowest BCUT2D eigenvalue weighted by Crippen LogP contribution is -2.44. The van der Waals surface area contributed by atoms with Crippen LogP contribution in [-0.2, 0) is 28.4 Å². The molecule has 0 saturated carbocycles. The lowest BCUT2D eigenvalue weighted by molar-refractivity contribution is -0.235. The van der Waals surface area contributed by atoms with E-state index in [9.17, 15) is 5.11 Å².